The standard InChI is InChI=1S/C23H18N2O3/c1-15-11-12-20-18(13-15)22(27)23(28)25(20)14-21(26)24-19-10-6-5-9-17(19)16-7-3-2-4-8-16/h2-13H,14H2,1H3,(H,24,26). The number of rotatable bonds is 4. The molecule has 1 heterocycles. The van der Waals surface area contributed by atoms with Crippen molar-refractivity contribution < 1.29 is 14.4 Å². The van der Waals surface area contributed by atoms with Gasteiger partial charge in [0.25, 0.3) is 11.7 Å². The molecule has 1 aliphatic heterocycles. The summed E-state index contributed by atoms with van der Waals surface area (Å²) in [7, 11) is 0. The maximum Gasteiger partial charge on any atom is 0.299 e. The Kier molecular flexibility index (Phi) is 4.49. The molecule has 5 nitrogen and oxygen atoms in total. The number of fused-ring (bicyclic) bond motifs is 1. The molecule has 28 heavy (non-hydrogen) atoms. The second-order valence-electron chi connectivity index (χ2n) is 6.70. The minimum atomic E-state index is -0.674. The molecular formula is C23H18N2O3. The number of hydrogen-bond donors (Lipinski definition) is 1. The molecule has 0 fully saturated rings. The van der Waals surface area contributed by atoms with Gasteiger partial charge in [0.1, 0.15) is 6.54 Å². The van der Waals surface area contributed by atoms with E-state index in [0.717, 1.165) is 16.7 Å². The van der Waals surface area contributed by atoms with Gasteiger partial charge in [-0.05, 0) is 30.7 Å². The summed E-state index contributed by atoms with van der Waals surface area (Å²) in [4.78, 5) is 38.5. The van der Waals surface area contributed by atoms with Crippen molar-refractivity contribution in [3.63, 3.8) is 0 Å². The van der Waals surface area contributed by atoms with Crippen LogP contribution >= 0.6 is 0 Å². The van der Waals surface area contributed by atoms with Gasteiger partial charge in [-0.25, -0.2) is 0 Å². The molecule has 4 rings (SSSR count). The summed E-state index contributed by atoms with van der Waals surface area (Å²) in [6, 6.07) is 22.4. The SMILES string of the molecule is Cc1ccc2c(c1)C(=O)C(=O)N2CC(=O)Nc1ccccc1-c1ccccc1. The van der Waals surface area contributed by atoms with Crippen molar-refractivity contribution in [1.82, 2.24) is 0 Å². The van der Waals surface area contributed by atoms with E-state index in [1.54, 1.807) is 12.1 Å². The molecule has 1 N–H and O–H groups in total. The van der Waals surface area contributed by atoms with E-state index >= 15 is 0 Å². The summed E-state index contributed by atoms with van der Waals surface area (Å²) < 4.78 is 0. The van der Waals surface area contributed by atoms with Crippen molar-refractivity contribution in [2.45, 2.75) is 6.92 Å². The number of anilines is 2. The molecule has 0 saturated carbocycles. The normalized spacial score (nSPS) is 12.8. The van der Waals surface area contributed by atoms with Crippen LogP contribution in [0.3, 0.4) is 0 Å². The van der Waals surface area contributed by atoms with Crippen LogP contribution in [0.1, 0.15) is 15.9 Å². The van der Waals surface area contributed by atoms with Gasteiger partial charge in [0.05, 0.1) is 11.3 Å². The average Bonchev–Trinajstić information content (AvgIpc) is 2.93. The Balaban J connectivity index is 1.57. The van der Waals surface area contributed by atoms with Crippen molar-refractivity contribution in [2.24, 2.45) is 0 Å². The summed E-state index contributed by atoms with van der Waals surface area (Å²) in [6.45, 7) is 1.64. The molecule has 0 aliphatic carbocycles. The minimum absolute atomic E-state index is 0.218. The number of ketones is 1. The molecule has 5 heteroatoms. The Bertz CT molecular complexity index is 1090. The Morgan fingerprint density at radius 3 is 2.39 bits per heavy atom. The Hall–Kier alpha value is -3.73. The van der Waals surface area contributed by atoms with E-state index in [1.807, 2.05) is 67.6 Å². The highest BCUT2D eigenvalue weighted by atomic mass is 16.2. The van der Waals surface area contributed by atoms with E-state index in [9.17, 15) is 14.4 Å². The van der Waals surface area contributed by atoms with Crippen LogP contribution in [0.4, 0.5) is 11.4 Å². The third-order valence-corrected chi connectivity index (χ3v) is 4.71. The average molecular weight is 370 g/mol. The lowest BCUT2D eigenvalue weighted by Crippen LogP contribution is -2.37. The molecule has 0 bridgehead atoms. The molecule has 3 aromatic rings. The number of hydrogen-bond acceptors (Lipinski definition) is 3. The Morgan fingerprint density at radius 1 is 0.893 bits per heavy atom. The number of Topliss-reactive ketones (excluding diaryl/α,β-unsaturated/α-hetero) is 1. The summed E-state index contributed by atoms with van der Waals surface area (Å²) in [5, 5.41) is 2.87. The summed E-state index contributed by atoms with van der Waals surface area (Å²) in [5.41, 5.74) is 4.24. The molecule has 2 amide bonds. The highest BCUT2D eigenvalue weighted by molar-refractivity contribution is 6.52. The third kappa shape index (κ3) is 3.18. The van der Waals surface area contributed by atoms with Gasteiger partial charge in [0, 0.05) is 11.3 Å². The minimum Gasteiger partial charge on any atom is -0.324 e. The van der Waals surface area contributed by atoms with Gasteiger partial charge in [0.2, 0.25) is 5.91 Å². The smallest absolute Gasteiger partial charge is 0.299 e. The van der Waals surface area contributed by atoms with E-state index in [2.05, 4.69) is 5.32 Å². The number of amides is 2. The van der Waals surface area contributed by atoms with Crippen LogP contribution in [-0.4, -0.2) is 24.1 Å². The van der Waals surface area contributed by atoms with Crippen LogP contribution in [0.5, 0.6) is 0 Å². The van der Waals surface area contributed by atoms with Crippen molar-refractivity contribution >= 4 is 29.0 Å². The predicted molar refractivity (Wildman–Crippen MR) is 108 cm³/mol. The van der Waals surface area contributed by atoms with Crippen LogP contribution in [0.25, 0.3) is 11.1 Å². The summed E-state index contributed by atoms with van der Waals surface area (Å²) in [6.07, 6.45) is 0. The number of carbonyl (C=O) groups excluding carboxylic acids is 3. The molecular weight excluding hydrogens is 352 g/mol. The van der Waals surface area contributed by atoms with E-state index in [4.69, 9.17) is 0 Å². The number of aryl methyl sites for hydroxylation is 1. The molecule has 0 unspecified atom stereocenters. The first-order chi connectivity index (χ1) is 13.5. The number of nitrogens with one attached hydrogen (secondary N) is 1. The molecule has 3 aromatic carbocycles. The van der Waals surface area contributed by atoms with Crippen molar-refractivity contribution in [2.75, 3.05) is 16.8 Å². The predicted octanol–water partition coefficient (Wildman–Crippen LogP) is 3.83. The van der Waals surface area contributed by atoms with E-state index in [-0.39, 0.29) is 12.5 Å². The van der Waals surface area contributed by atoms with Gasteiger partial charge in [-0.15, -0.1) is 0 Å². The molecule has 0 aromatic heterocycles. The lowest BCUT2D eigenvalue weighted by molar-refractivity contribution is -0.118. The second-order valence-corrected chi connectivity index (χ2v) is 6.70. The van der Waals surface area contributed by atoms with Gasteiger partial charge in [-0.2, -0.15) is 0 Å². The fraction of sp³-hybridized carbons (Fsp3) is 0.0870. The third-order valence-electron chi connectivity index (χ3n) is 4.71. The van der Waals surface area contributed by atoms with Gasteiger partial charge in [-0.3, -0.25) is 19.3 Å². The maximum absolute atomic E-state index is 12.7. The number of nitrogens with zero attached hydrogens (tertiary/aromatic N) is 1. The van der Waals surface area contributed by atoms with Gasteiger partial charge >= 0.3 is 0 Å². The zero-order chi connectivity index (χ0) is 19.7. The number of para-hydroxylation sites is 1. The van der Waals surface area contributed by atoms with Crippen LogP contribution in [0.15, 0.2) is 72.8 Å². The molecule has 0 spiro atoms. The lowest BCUT2D eigenvalue weighted by Gasteiger charge is -2.17. The first-order valence-electron chi connectivity index (χ1n) is 8.96. The Morgan fingerprint density at radius 2 is 1.61 bits per heavy atom. The zero-order valence-corrected chi connectivity index (χ0v) is 15.3. The van der Waals surface area contributed by atoms with Crippen LogP contribution in [0, 0.1) is 6.92 Å². The molecule has 0 radical (unpaired) electrons. The van der Waals surface area contributed by atoms with Crippen LogP contribution < -0.4 is 10.2 Å². The van der Waals surface area contributed by atoms with Gasteiger partial charge in [0.15, 0.2) is 0 Å². The Labute approximate surface area is 162 Å². The maximum atomic E-state index is 12.7. The lowest BCUT2D eigenvalue weighted by atomic mass is 10.0. The molecule has 1 aliphatic rings. The molecule has 0 atom stereocenters. The van der Waals surface area contributed by atoms with Crippen LogP contribution in [0.2, 0.25) is 0 Å². The highest BCUT2D eigenvalue weighted by Crippen LogP contribution is 2.30. The van der Waals surface area contributed by atoms with E-state index in [0.29, 0.717) is 16.9 Å². The summed E-state index contributed by atoms with van der Waals surface area (Å²) in [5.74, 6) is -1.61. The first kappa shape index (κ1) is 17.7. The van der Waals surface area contributed by atoms with Crippen LogP contribution in [-0.2, 0) is 9.59 Å². The highest BCUT2D eigenvalue weighted by Gasteiger charge is 2.36. The zero-order valence-electron chi connectivity index (χ0n) is 15.3. The van der Waals surface area contributed by atoms with Gasteiger partial charge < -0.3 is 5.32 Å². The molecule has 138 valence electrons. The number of carbonyl (C=O) groups is 3. The largest absolute Gasteiger partial charge is 0.324 e. The monoisotopic (exact) mass is 370 g/mol. The fourth-order valence-corrected chi connectivity index (χ4v) is 3.37. The number of benzene rings is 3. The quantitative estimate of drug-likeness (QED) is 0.710. The van der Waals surface area contributed by atoms with E-state index < -0.39 is 11.7 Å². The molecule has 0 saturated heterocycles. The fourth-order valence-electron chi connectivity index (χ4n) is 3.37. The van der Waals surface area contributed by atoms with Crippen molar-refractivity contribution in [3.05, 3.63) is 83.9 Å². The topological polar surface area (TPSA) is 66.5 Å². The van der Waals surface area contributed by atoms with Crippen molar-refractivity contribution in [3.8, 4) is 11.1 Å². The second kappa shape index (κ2) is 7.12. The van der Waals surface area contributed by atoms with Gasteiger partial charge in [-0.1, -0.05) is 60.2 Å². The summed E-state index contributed by atoms with van der Waals surface area (Å²) >= 11 is 0. The van der Waals surface area contributed by atoms with Crippen molar-refractivity contribution in [1.29, 1.82) is 0 Å². The van der Waals surface area contributed by atoms with E-state index in [1.165, 1.54) is 4.90 Å². The first-order valence-corrected chi connectivity index (χ1v) is 8.96.